The number of nitrogens with one attached hydrogen (secondary N) is 1. The molecule has 3 aromatic carbocycles. The van der Waals surface area contributed by atoms with Crippen molar-refractivity contribution in [2.45, 2.75) is 25.0 Å². The van der Waals surface area contributed by atoms with E-state index in [1.54, 1.807) is 0 Å². The van der Waals surface area contributed by atoms with Crippen LogP contribution < -0.4 is 10.1 Å². The van der Waals surface area contributed by atoms with Gasteiger partial charge in [0.1, 0.15) is 6.61 Å². The van der Waals surface area contributed by atoms with Crippen LogP contribution in [0.5, 0.6) is 5.75 Å². The summed E-state index contributed by atoms with van der Waals surface area (Å²) < 4.78 is 77.3. The average Bonchev–Trinajstić information content (AvgIpc) is 3.19. The quantitative estimate of drug-likeness (QED) is 0.168. The topological polar surface area (TPSA) is 84.9 Å². The first-order valence-electron chi connectivity index (χ1n) is 10.6. The second-order valence-electron chi connectivity index (χ2n) is 8.01. The first-order chi connectivity index (χ1) is 17.1. The summed E-state index contributed by atoms with van der Waals surface area (Å²) in [5.74, 6) is -15.7. The maximum absolute atomic E-state index is 13.9. The Balaban J connectivity index is 1.47. The highest BCUT2D eigenvalue weighted by atomic mass is 19.2. The predicted octanol–water partition coefficient (Wildman–Crippen LogP) is 4.58. The van der Waals surface area contributed by atoms with Gasteiger partial charge in [0.25, 0.3) is 0 Å². The molecule has 0 saturated heterocycles. The zero-order valence-corrected chi connectivity index (χ0v) is 18.5. The zero-order valence-electron chi connectivity index (χ0n) is 18.5. The number of alkyl carbamates (subject to hydrolysis) is 1. The maximum atomic E-state index is 13.9. The van der Waals surface area contributed by atoms with E-state index < -0.39 is 59.0 Å². The number of esters is 1. The summed E-state index contributed by atoms with van der Waals surface area (Å²) >= 11 is 0. The number of hydrogen-bond acceptors (Lipinski definition) is 5. The second kappa shape index (κ2) is 9.94. The van der Waals surface area contributed by atoms with Crippen molar-refractivity contribution in [3.05, 3.63) is 88.7 Å². The first-order valence-corrected chi connectivity index (χ1v) is 10.6. The molecular formula is C25H18F5NO5. The van der Waals surface area contributed by atoms with Gasteiger partial charge in [-0.05, 0) is 29.2 Å². The number of carbonyl (C=O) groups is 2. The van der Waals surface area contributed by atoms with Crippen LogP contribution in [0.25, 0.3) is 11.1 Å². The molecule has 188 valence electrons. The Morgan fingerprint density at radius 2 is 1.33 bits per heavy atom. The summed E-state index contributed by atoms with van der Waals surface area (Å²) in [4.78, 5) is 24.8. The average molecular weight is 507 g/mol. The highest BCUT2D eigenvalue weighted by Crippen LogP contribution is 2.44. The van der Waals surface area contributed by atoms with E-state index in [0.717, 1.165) is 29.2 Å². The number of hydrogen-bond donors (Lipinski definition) is 2. The summed E-state index contributed by atoms with van der Waals surface area (Å²) in [7, 11) is 0. The van der Waals surface area contributed by atoms with E-state index in [9.17, 15) is 36.6 Å². The lowest BCUT2D eigenvalue weighted by atomic mass is 9.98. The SMILES string of the molecule is C[C@@H](O)[C@H](NC(=O)OCC1c2ccccc2-c2ccccc21)C(=O)Oc1c(F)c(F)c(F)c(F)c1F. The molecule has 11 heteroatoms. The van der Waals surface area contributed by atoms with Crippen LogP contribution in [0.1, 0.15) is 24.0 Å². The third-order valence-corrected chi connectivity index (χ3v) is 5.73. The molecule has 1 amide bonds. The molecular weight excluding hydrogens is 489 g/mol. The highest BCUT2D eigenvalue weighted by Gasteiger charge is 2.34. The number of rotatable bonds is 6. The van der Waals surface area contributed by atoms with Gasteiger partial charge in [-0.1, -0.05) is 48.5 Å². The number of halogens is 5. The fourth-order valence-corrected chi connectivity index (χ4v) is 3.98. The Hall–Kier alpha value is -3.99. The van der Waals surface area contributed by atoms with Crippen LogP contribution in [0, 0.1) is 29.1 Å². The minimum Gasteiger partial charge on any atom is -0.449 e. The van der Waals surface area contributed by atoms with Crippen LogP contribution in [0.2, 0.25) is 0 Å². The Morgan fingerprint density at radius 3 is 1.83 bits per heavy atom. The molecule has 0 radical (unpaired) electrons. The fourth-order valence-electron chi connectivity index (χ4n) is 3.98. The number of aliphatic hydroxyl groups excluding tert-OH is 1. The van der Waals surface area contributed by atoms with Gasteiger partial charge in [0.05, 0.1) is 6.10 Å². The highest BCUT2D eigenvalue weighted by molar-refractivity contribution is 5.84. The molecule has 0 aliphatic heterocycles. The van der Waals surface area contributed by atoms with Crippen LogP contribution >= 0.6 is 0 Å². The first kappa shape index (κ1) is 25.1. The molecule has 36 heavy (non-hydrogen) atoms. The number of carbonyl (C=O) groups excluding carboxylic acids is 2. The standard InChI is InChI=1S/C25H18F5NO5/c1-11(32)22(24(33)36-23-20(29)18(27)17(26)19(28)21(23)30)31-25(34)35-10-16-14-8-4-2-6-12(14)13-7-3-5-9-15(13)16/h2-9,11,16,22,32H,10H2,1H3,(H,31,34)/t11-,22+/m1/s1. The largest absolute Gasteiger partial charge is 0.449 e. The van der Waals surface area contributed by atoms with E-state index in [1.165, 1.54) is 0 Å². The van der Waals surface area contributed by atoms with E-state index in [1.807, 2.05) is 53.8 Å². The van der Waals surface area contributed by atoms with Gasteiger partial charge >= 0.3 is 12.1 Å². The Bertz CT molecular complexity index is 1270. The Labute approximate surface area is 201 Å². The lowest BCUT2D eigenvalue weighted by Crippen LogP contribution is -2.50. The molecule has 0 fully saturated rings. The molecule has 0 heterocycles. The third kappa shape index (κ3) is 4.49. The summed E-state index contributed by atoms with van der Waals surface area (Å²) in [6.45, 7) is 0.882. The van der Waals surface area contributed by atoms with Crippen LogP contribution in [0.15, 0.2) is 48.5 Å². The monoisotopic (exact) mass is 507 g/mol. The molecule has 0 aromatic heterocycles. The second-order valence-corrected chi connectivity index (χ2v) is 8.01. The lowest BCUT2D eigenvalue weighted by Gasteiger charge is -2.21. The zero-order chi connectivity index (χ0) is 26.1. The van der Waals surface area contributed by atoms with Gasteiger partial charge in [0.15, 0.2) is 6.04 Å². The number of amides is 1. The number of ether oxygens (including phenoxy) is 2. The normalized spacial score (nSPS) is 14.0. The molecule has 6 nitrogen and oxygen atoms in total. The van der Waals surface area contributed by atoms with Crippen molar-refractivity contribution in [2.24, 2.45) is 0 Å². The number of aliphatic hydroxyl groups is 1. The van der Waals surface area contributed by atoms with Gasteiger partial charge in [-0.2, -0.15) is 8.78 Å². The molecule has 2 N–H and O–H groups in total. The molecule has 0 spiro atoms. The predicted molar refractivity (Wildman–Crippen MR) is 116 cm³/mol. The summed E-state index contributed by atoms with van der Waals surface area (Å²) in [6.07, 6.45) is -2.86. The summed E-state index contributed by atoms with van der Waals surface area (Å²) in [5.41, 5.74) is 3.75. The minimum absolute atomic E-state index is 0.154. The van der Waals surface area contributed by atoms with Crippen LogP contribution in [-0.2, 0) is 9.53 Å². The van der Waals surface area contributed by atoms with Gasteiger partial charge in [-0.25, -0.2) is 22.8 Å². The molecule has 4 rings (SSSR count). The Morgan fingerprint density at radius 1 is 0.861 bits per heavy atom. The van der Waals surface area contributed by atoms with E-state index in [0.29, 0.717) is 0 Å². The van der Waals surface area contributed by atoms with Crippen molar-refractivity contribution >= 4 is 12.1 Å². The lowest BCUT2D eigenvalue weighted by molar-refractivity contribution is -0.139. The Kier molecular flexibility index (Phi) is 6.93. The molecule has 3 aromatic rings. The van der Waals surface area contributed by atoms with E-state index in [2.05, 4.69) is 4.74 Å². The van der Waals surface area contributed by atoms with Crippen molar-refractivity contribution in [2.75, 3.05) is 6.61 Å². The van der Waals surface area contributed by atoms with Crippen molar-refractivity contribution in [1.82, 2.24) is 5.32 Å². The van der Waals surface area contributed by atoms with Gasteiger partial charge in [-0.3, -0.25) is 0 Å². The third-order valence-electron chi connectivity index (χ3n) is 5.73. The van der Waals surface area contributed by atoms with Gasteiger partial charge in [0.2, 0.25) is 34.8 Å². The van der Waals surface area contributed by atoms with E-state index >= 15 is 0 Å². The van der Waals surface area contributed by atoms with Crippen LogP contribution in [-0.4, -0.2) is 35.9 Å². The molecule has 1 aliphatic rings. The van der Waals surface area contributed by atoms with Gasteiger partial charge in [-0.15, -0.1) is 0 Å². The van der Waals surface area contributed by atoms with Crippen molar-refractivity contribution in [3.63, 3.8) is 0 Å². The van der Waals surface area contributed by atoms with Crippen molar-refractivity contribution in [3.8, 4) is 16.9 Å². The minimum atomic E-state index is -2.44. The van der Waals surface area contributed by atoms with E-state index in [-0.39, 0.29) is 12.5 Å². The van der Waals surface area contributed by atoms with Crippen LogP contribution in [0.3, 0.4) is 0 Å². The summed E-state index contributed by atoms with van der Waals surface area (Å²) in [6, 6.07) is 13.1. The molecule has 2 atom stereocenters. The summed E-state index contributed by atoms with van der Waals surface area (Å²) in [5, 5.41) is 11.9. The molecule has 0 saturated carbocycles. The van der Waals surface area contributed by atoms with Crippen molar-refractivity contribution < 1.29 is 46.1 Å². The van der Waals surface area contributed by atoms with Gasteiger partial charge in [0, 0.05) is 5.92 Å². The van der Waals surface area contributed by atoms with Gasteiger partial charge < -0.3 is 19.9 Å². The fraction of sp³-hybridized carbons (Fsp3) is 0.200. The molecule has 0 bridgehead atoms. The maximum Gasteiger partial charge on any atom is 0.407 e. The smallest absolute Gasteiger partial charge is 0.407 e. The molecule has 1 aliphatic carbocycles. The number of benzene rings is 3. The van der Waals surface area contributed by atoms with Crippen molar-refractivity contribution in [1.29, 1.82) is 0 Å². The molecule has 0 unspecified atom stereocenters. The number of fused-ring (bicyclic) bond motifs is 3. The van der Waals surface area contributed by atoms with E-state index in [4.69, 9.17) is 4.74 Å². The van der Waals surface area contributed by atoms with Crippen LogP contribution in [0.4, 0.5) is 26.7 Å².